The van der Waals surface area contributed by atoms with E-state index in [1.807, 2.05) is 0 Å². The number of benzene rings is 1. The lowest BCUT2D eigenvalue weighted by Gasteiger charge is -2.11. The molecule has 0 fully saturated rings. The molecule has 0 unspecified atom stereocenters. The molecule has 1 N–H and O–H groups in total. The number of anilines is 1. The van der Waals surface area contributed by atoms with Crippen LogP contribution < -0.4 is 10.1 Å². The molecular formula is C10H11Cl2NO2. The van der Waals surface area contributed by atoms with E-state index >= 15 is 0 Å². The monoisotopic (exact) mass is 247 g/mol. The van der Waals surface area contributed by atoms with Crippen molar-refractivity contribution >= 4 is 34.7 Å². The van der Waals surface area contributed by atoms with Crippen molar-refractivity contribution in [2.24, 2.45) is 0 Å². The van der Waals surface area contributed by atoms with E-state index in [9.17, 15) is 4.79 Å². The summed E-state index contributed by atoms with van der Waals surface area (Å²) in [5.74, 6) is 0.510. The van der Waals surface area contributed by atoms with E-state index in [4.69, 9.17) is 27.9 Å². The number of hydrogen-bond donors (Lipinski definition) is 1. The number of ether oxygens (including phenoxy) is 1. The van der Waals surface area contributed by atoms with Crippen LogP contribution in [0.5, 0.6) is 5.75 Å². The van der Waals surface area contributed by atoms with E-state index < -0.39 is 0 Å². The van der Waals surface area contributed by atoms with Gasteiger partial charge in [0.25, 0.3) is 0 Å². The third-order valence-corrected chi connectivity index (χ3v) is 2.24. The second kappa shape index (κ2) is 5.24. The van der Waals surface area contributed by atoms with Gasteiger partial charge in [-0.1, -0.05) is 23.2 Å². The predicted octanol–water partition coefficient (Wildman–Crippen LogP) is 3.00. The first-order chi connectivity index (χ1) is 7.04. The Kier molecular flexibility index (Phi) is 4.24. The maximum absolute atomic E-state index is 10.8. The first-order valence-corrected chi connectivity index (χ1v) is 5.06. The highest BCUT2D eigenvalue weighted by Gasteiger charge is 2.09. The van der Waals surface area contributed by atoms with Crippen LogP contribution in [-0.4, -0.2) is 19.4 Å². The topological polar surface area (TPSA) is 38.3 Å². The molecule has 0 saturated carbocycles. The summed E-state index contributed by atoms with van der Waals surface area (Å²) in [6, 6.07) is 3.25. The molecule has 15 heavy (non-hydrogen) atoms. The zero-order chi connectivity index (χ0) is 11.4. The number of nitrogens with one attached hydrogen (secondary N) is 1. The molecule has 1 rings (SSSR count). The van der Waals surface area contributed by atoms with Crippen LogP contribution in [-0.2, 0) is 4.79 Å². The summed E-state index contributed by atoms with van der Waals surface area (Å²) >= 11 is 11.7. The number of halogens is 2. The smallest absolute Gasteiger partial charge is 0.160 e. The van der Waals surface area contributed by atoms with Crippen LogP contribution in [0.3, 0.4) is 0 Å². The van der Waals surface area contributed by atoms with Crippen molar-refractivity contribution in [3.63, 3.8) is 0 Å². The number of Topliss-reactive ketones (excluding diaryl/α,β-unsaturated/α-hetero) is 1. The minimum atomic E-state index is 0.0214. The molecule has 3 nitrogen and oxygen atoms in total. The Labute approximate surface area is 98.3 Å². The Morgan fingerprint density at radius 3 is 2.67 bits per heavy atom. The quantitative estimate of drug-likeness (QED) is 0.890. The van der Waals surface area contributed by atoms with Gasteiger partial charge in [0.05, 0.1) is 24.4 Å². The minimum absolute atomic E-state index is 0.0214. The molecule has 0 spiro atoms. The van der Waals surface area contributed by atoms with Crippen molar-refractivity contribution in [3.05, 3.63) is 22.2 Å². The highest BCUT2D eigenvalue weighted by molar-refractivity contribution is 6.36. The van der Waals surface area contributed by atoms with Crippen molar-refractivity contribution in [1.82, 2.24) is 0 Å². The molecule has 0 bridgehead atoms. The van der Waals surface area contributed by atoms with Crippen LogP contribution in [0.1, 0.15) is 6.92 Å². The van der Waals surface area contributed by atoms with Crippen molar-refractivity contribution in [3.8, 4) is 5.75 Å². The van der Waals surface area contributed by atoms with Crippen LogP contribution in [0.25, 0.3) is 0 Å². The van der Waals surface area contributed by atoms with Crippen LogP contribution in [0.15, 0.2) is 12.1 Å². The Balaban J connectivity index is 2.98. The fourth-order valence-corrected chi connectivity index (χ4v) is 1.69. The van der Waals surface area contributed by atoms with E-state index in [2.05, 4.69) is 5.32 Å². The molecule has 0 aliphatic carbocycles. The second-order valence-electron chi connectivity index (χ2n) is 3.02. The molecule has 82 valence electrons. The molecule has 5 heteroatoms. The molecule has 0 heterocycles. The van der Waals surface area contributed by atoms with Gasteiger partial charge in [-0.05, 0) is 19.1 Å². The molecule has 0 atom stereocenters. The van der Waals surface area contributed by atoms with Crippen molar-refractivity contribution in [1.29, 1.82) is 0 Å². The number of ketones is 1. The minimum Gasteiger partial charge on any atom is -0.493 e. The Morgan fingerprint density at radius 1 is 1.47 bits per heavy atom. The lowest BCUT2D eigenvalue weighted by molar-refractivity contribution is -0.115. The van der Waals surface area contributed by atoms with Crippen molar-refractivity contribution in [2.45, 2.75) is 6.92 Å². The Hall–Kier alpha value is -0.930. The van der Waals surface area contributed by atoms with Gasteiger partial charge in [-0.15, -0.1) is 0 Å². The maximum Gasteiger partial charge on any atom is 0.160 e. The van der Waals surface area contributed by atoms with E-state index in [0.29, 0.717) is 21.5 Å². The summed E-state index contributed by atoms with van der Waals surface area (Å²) in [7, 11) is 1.51. The summed E-state index contributed by atoms with van der Waals surface area (Å²) < 4.78 is 5.10. The summed E-state index contributed by atoms with van der Waals surface area (Å²) in [6.07, 6.45) is 0. The third kappa shape index (κ3) is 3.29. The van der Waals surface area contributed by atoms with E-state index in [-0.39, 0.29) is 12.3 Å². The average Bonchev–Trinajstić information content (AvgIpc) is 2.13. The van der Waals surface area contributed by atoms with Gasteiger partial charge >= 0.3 is 0 Å². The zero-order valence-electron chi connectivity index (χ0n) is 8.43. The molecule has 0 radical (unpaired) electrons. The number of methoxy groups -OCH3 is 1. The number of rotatable bonds is 4. The highest BCUT2D eigenvalue weighted by Crippen LogP contribution is 2.35. The lowest BCUT2D eigenvalue weighted by atomic mass is 10.2. The molecule has 0 aliphatic rings. The van der Waals surface area contributed by atoms with Gasteiger partial charge in [0.2, 0.25) is 0 Å². The van der Waals surface area contributed by atoms with Crippen molar-refractivity contribution in [2.75, 3.05) is 19.0 Å². The third-order valence-electron chi connectivity index (χ3n) is 1.74. The van der Waals surface area contributed by atoms with Gasteiger partial charge in [-0.2, -0.15) is 0 Å². The summed E-state index contributed by atoms with van der Waals surface area (Å²) in [5.41, 5.74) is 0.616. The molecule has 1 aromatic carbocycles. The maximum atomic E-state index is 10.8. The Morgan fingerprint density at radius 2 is 2.13 bits per heavy atom. The fraction of sp³-hybridized carbons (Fsp3) is 0.300. The zero-order valence-corrected chi connectivity index (χ0v) is 9.95. The first-order valence-electron chi connectivity index (χ1n) is 4.31. The number of carbonyl (C=O) groups excluding carboxylic acids is 1. The van der Waals surface area contributed by atoms with E-state index in [1.165, 1.54) is 14.0 Å². The van der Waals surface area contributed by atoms with Gasteiger partial charge in [0.1, 0.15) is 5.78 Å². The summed E-state index contributed by atoms with van der Waals surface area (Å²) in [4.78, 5) is 10.8. The van der Waals surface area contributed by atoms with Gasteiger partial charge in [-0.25, -0.2) is 0 Å². The molecule has 0 aliphatic heterocycles. The molecule has 0 aromatic heterocycles. The Bertz CT molecular complexity index is 380. The van der Waals surface area contributed by atoms with E-state index in [1.54, 1.807) is 12.1 Å². The first kappa shape index (κ1) is 12.1. The standard InChI is InChI=1S/C10H11Cl2NO2/c1-6(14)5-13-9-4-7(11)3-8(12)10(9)15-2/h3-4,13H,5H2,1-2H3. The largest absolute Gasteiger partial charge is 0.493 e. The number of hydrogen-bond acceptors (Lipinski definition) is 3. The number of carbonyl (C=O) groups is 1. The summed E-state index contributed by atoms with van der Waals surface area (Å²) in [5, 5.41) is 3.81. The van der Waals surface area contributed by atoms with Crippen molar-refractivity contribution < 1.29 is 9.53 Å². The van der Waals surface area contributed by atoms with Crippen LogP contribution in [0.2, 0.25) is 10.0 Å². The fourth-order valence-electron chi connectivity index (χ4n) is 1.12. The second-order valence-corrected chi connectivity index (χ2v) is 3.87. The van der Waals surface area contributed by atoms with Crippen LogP contribution in [0, 0.1) is 0 Å². The molecule has 1 aromatic rings. The van der Waals surface area contributed by atoms with Crippen LogP contribution in [0.4, 0.5) is 5.69 Å². The highest BCUT2D eigenvalue weighted by atomic mass is 35.5. The average molecular weight is 248 g/mol. The SMILES string of the molecule is COc1c(Cl)cc(Cl)cc1NCC(C)=O. The van der Waals surface area contributed by atoms with Crippen LogP contribution >= 0.6 is 23.2 Å². The van der Waals surface area contributed by atoms with Gasteiger partial charge in [-0.3, -0.25) is 4.79 Å². The van der Waals surface area contributed by atoms with Gasteiger partial charge in [0, 0.05) is 5.02 Å². The predicted molar refractivity (Wildman–Crippen MR) is 62.2 cm³/mol. The van der Waals surface area contributed by atoms with E-state index in [0.717, 1.165) is 0 Å². The molecule has 0 saturated heterocycles. The summed E-state index contributed by atoms with van der Waals surface area (Å²) in [6.45, 7) is 1.71. The van der Waals surface area contributed by atoms with Gasteiger partial charge < -0.3 is 10.1 Å². The molecule has 0 amide bonds. The lowest BCUT2D eigenvalue weighted by Crippen LogP contribution is -2.10. The molecular weight excluding hydrogens is 237 g/mol. The van der Waals surface area contributed by atoms with Gasteiger partial charge in [0.15, 0.2) is 5.75 Å². The normalized spacial score (nSPS) is 9.87.